The van der Waals surface area contributed by atoms with Crippen molar-refractivity contribution in [3.05, 3.63) is 57.9 Å². The molecule has 0 aliphatic rings. The lowest BCUT2D eigenvalue weighted by Gasteiger charge is -2.29. The van der Waals surface area contributed by atoms with Crippen LogP contribution in [0.4, 0.5) is 0 Å². The van der Waals surface area contributed by atoms with Gasteiger partial charge in [0.2, 0.25) is 5.78 Å². The number of rotatable bonds is 10. The van der Waals surface area contributed by atoms with Gasteiger partial charge in [0.05, 0.1) is 5.69 Å². The molecule has 1 aromatic carbocycles. The third-order valence-corrected chi connectivity index (χ3v) is 5.96. The number of hydrogen-bond acceptors (Lipinski definition) is 2. The van der Waals surface area contributed by atoms with Gasteiger partial charge in [-0.15, -0.1) is 0 Å². The molecule has 0 aliphatic carbocycles. The molecule has 0 saturated carbocycles. The summed E-state index contributed by atoms with van der Waals surface area (Å²) < 4.78 is 1.78. The average molecular weight is 404 g/mol. The van der Waals surface area contributed by atoms with E-state index in [4.69, 9.17) is 11.6 Å². The van der Waals surface area contributed by atoms with Crippen LogP contribution in [-0.2, 0) is 17.3 Å². The molecule has 0 spiro atoms. The zero-order chi connectivity index (χ0) is 20.9. The number of ketones is 1. The van der Waals surface area contributed by atoms with E-state index in [1.807, 2.05) is 19.9 Å². The van der Waals surface area contributed by atoms with Crippen molar-refractivity contribution < 1.29 is 14.7 Å². The fourth-order valence-corrected chi connectivity index (χ4v) is 4.12. The molecule has 4 nitrogen and oxygen atoms in total. The molecule has 0 radical (unpaired) electrons. The minimum Gasteiger partial charge on any atom is -0.481 e. The molecule has 1 heterocycles. The van der Waals surface area contributed by atoms with Crippen LogP contribution in [-0.4, -0.2) is 21.4 Å². The van der Waals surface area contributed by atoms with Gasteiger partial charge in [0.15, 0.2) is 0 Å². The molecule has 5 heteroatoms. The molecule has 28 heavy (non-hydrogen) atoms. The molecule has 1 aromatic heterocycles. The highest BCUT2D eigenvalue weighted by Crippen LogP contribution is 2.37. The Bertz CT molecular complexity index is 838. The summed E-state index contributed by atoms with van der Waals surface area (Å²) in [6.07, 6.45) is 5.15. The van der Waals surface area contributed by atoms with Gasteiger partial charge in [0.1, 0.15) is 5.41 Å². The number of aryl methyl sites for hydroxylation is 1. The van der Waals surface area contributed by atoms with Crippen molar-refractivity contribution >= 4 is 23.4 Å². The van der Waals surface area contributed by atoms with E-state index < -0.39 is 11.4 Å². The fraction of sp³-hybridized carbons (Fsp3) is 0.478. The third kappa shape index (κ3) is 4.33. The zero-order valence-corrected chi connectivity index (χ0v) is 18.0. The van der Waals surface area contributed by atoms with Crippen LogP contribution in [0.1, 0.15) is 79.7 Å². The summed E-state index contributed by atoms with van der Waals surface area (Å²) in [5, 5.41) is 10.7. The van der Waals surface area contributed by atoms with Crippen LogP contribution < -0.4 is 0 Å². The highest BCUT2D eigenvalue weighted by atomic mass is 35.5. The van der Waals surface area contributed by atoms with Crippen molar-refractivity contribution in [1.29, 1.82) is 0 Å². The lowest BCUT2D eigenvalue weighted by molar-refractivity contribution is -0.144. The Hall–Kier alpha value is -2.07. The van der Waals surface area contributed by atoms with Gasteiger partial charge in [-0.05, 0) is 55.7 Å². The lowest BCUT2D eigenvalue weighted by atomic mass is 9.77. The number of carbonyl (C=O) groups is 2. The predicted octanol–water partition coefficient (Wildman–Crippen LogP) is 5.92. The summed E-state index contributed by atoms with van der Waals surface area (Å²) in [4.78, 5) is 25.4. The summed E-state index contributed by atoms with van der Waals surface area (Å²) in [6, 6.07) is 8.66. The summed E-state index contributed by atoms with van der Waals surface area (Å²) >= 11 is 5.93. The van der Waals surface area contributed by atoms with Crippen molar-refractivity contribution in [2.75, 3.05) is 0 Å². The zero-order valence-electron chi connectivity index (χ0n) is 17.2. The predicted molar refractivity (Wildman–Crippen MR) is 113 cm³/mol. The molecule has 0 bridgehead atoms. The standard InChI is InChI=1S/C23H30ClNO3/c1-5-7-8-9-14-23(6-2,22(27)28)19-15-16(3)20(25(19)4)21(26)17-10-12-18(24)13-11-17/h10-13,15H,5-9,14H2,1-4H3,(H,27,28). The van der Waals surface area contributed by atoms with E-state index >= 15 is 0 Å². The topological polar surface area (TPSA) is 59.3 Å². The number of benzene rings is 1. The Morgan fingerprint density at radius 1 is 1.11 bits per heavy atom. The van der Waals surface area contributed by atoms with E-state index in [0.29, 0.717) is 34.8 Å². The summed E-state index contributed by atoms with van der Waals surface area (Å²) in [6.45, 7) is 5.92. The number of carboxylic acid groups (broad SMARTS) is 1. The Labute approximate surface area is 172 Å². The van der Waals surface area contributed by atoms with Gasteiger partial charge in [0.25, 0.3) is 0 Å². The number of carboxylic acids is 1. The molecular weight excluding hydrogens is 374 g/mol. The SMILES string of the molecule is CCCCCCC(CC)(C(=O)O)c1cc(C)c(C(=O)c2ccc(Cl)cc2)n1C. The summed E-state index contributed by atoms with van der Waals surface area (Å²) in [5.41, 5.74) is 1.59. The van der Waals surface area contributed by atoms with Crippen molar-refractivity contribution in [1.82, 2.24) is 4.57 Å². The highest BCUT2D eigenvalue weighted by molar-refractivity contribution is 6.30. The molecule has 0 amide bonds. The van der Waals surface area contributed by atoms with Gasteiger partial charge < -0.3 is 9.67 Å². The quantitative estimate of drug-likeness (QED) is 0.395. The summed E-state index contributed by atoms with van der Waals surface area (Å²) in [5.74, 6) is -0.943. The van der Waals surface area contributed by atoms with Crippen LogP contribution in [0.25, 0.3) is 0 Å². The van der Waals surface area contributed by atoms with Crippen molar-refractivity contribution in [2.45, 2.75) is 64.7 Å². The van der Waals surface area contributed by atoms with E-state index in [9.17, 15) is 14.7 Å². The number of unbranched alkanes of at least 4 members (excludes halogenated alkanes) is 3. The van der Waals surface area contributed by atoms with E-state index in [1.165, 1.54) is 0 Å². The van der Waals surface area contributed by atoms with Crippen LogP contribution in [0, 0.1) is 6.92 Å². The third-order valence-electron chi connectivity index (χ3n) is 5.71. The van der Waals surface area contributed by atoms with Gasteiger partial charge in [-0.3, -0.25) is 9.59 Å². The van der Waals surface area contributed by atoms with E-state index in [0.717, 1.165) is 31.2 Å². The Morgan fingerprint density at radius 3 is 2.29 bits per heavy atom. The molecule has 0 fully saturated rings. The molecule has 152 valence electrons. The maximum atomic E-state index is 13.1. The minimum absolute atomic E-state index is 0.121. The Kier molecular flexibility index (Phi) is 7.48. The Morgan fingerprint density at radius 2 is 1.75 bits per heavy atom. The van der Waals surface area contributed by atoms with E-state index in [2.05, 4.69) is 6.92 Å². The second-order valence-electron chi connectivity index (χ2n) is 7.51. The second-order valence-corrected chi connectivity index (χ2v) is 7.94. The number of halogens is 1. The first-order valence-electron chi connectivity index (χ1n) is 9.99. The van der Waals surface area contributed by atoms with Crippen LogP contribution in [0.5, 0.6) is 0 Å². The molecule has 2 aromatic rings. The maximum Gasteiger partial charge on any atom is 0.315 e. The van der Waals surface area contributed by atoms with Crippen molar-refractivity contribution in [3.8, 4) is 0 Å². The number of aromatic nitrogens is 1. The van der Waals surface area contributed by atoms with Crippen LogP contribution in [0.3, 0.4) is 0 Å². The highest BCUT2D eigenvalue weighted by Gasteiger charge is 2.41. The van der Waals surface area contributed by atoms with Gasteiger partial charge in [0, 0.05) is 23.3 Å². The largest absolute Gasteiger partial charge is 0.481 e. The molecular formula is C23H30ClNO3. The first-order chi connectivity index (χ1) is 13.3. The van der Waals surface area contributed by atoms with Crippen LogP contribution in [0.15, 0.2) is 30.3 Å². The molecule has 0 aliphatic heterocycles. The van der Waals surface area contributed by atoms with Crippen LogP contribution >= 0.6 is 11.6 Å². The molecule has 1 unspecified atom stereocenters. The van der Waals surface area contributed by atoms with E-state index in [-0.39, 0.29) is 5.78 Å². The second kappa shape index (κ2) is 9.42. The Balaban J connectivity index is 2.46. The number of carbonyl (C=O) groups excluding carboxylic acids is 1. The monoisotopic (exact) mass is 403 g/mol. The lowest BCUT2D eigenvalue weighted by Crippen LogP contribution is -2.37. The van der Waals surface area contributed by atoms with Gasteiger partial charge >= 0.3 is 5.97 Å². The first kappa shape index (κ1) is 22.2. The fourth-order valence-electron chi connectivity index (χ4n) is 3.99. The number of hydrogen-bond donors (Lipinski definition) is 1. The van der Waals surface area contributed by atoms with E-state index in [1.54, 1.807) is 35.9 Å². The maximum absolute atomic E-state index is 13.1. The molecule has 1 atom stereocenters. The molecule has 0 saturated heterocycles. The van der Waals surface area contributed by atoms with Gasteiger partial charge in [-0.1, -0.05) is 51.1 Å². The van der Waals surface area contributed by atoms with Gasteiger partial charge in [-0.2, -0.15) is 0 Å². The first-order valence-corrected chi connectivity index (χ1v) is 10.4. The summed E-state index contributed by atoms with van der Waals surface area (Å²) in [7, 11) is 1.80. The minimum atomic E-state index is -0.980. The van der Waals surface area contributed by atoms with Crippen molar-refractivity contribution in [3.63, 3.8) is 0 Å². The van der Waals surface area contributed by atoms with Crippen LogP contribution in [0.2, 0.25) is 5.02 Å². The number of nitrogens with zero attached hydrogens (tertiary/aromatic N) is 1. The normalized spacial score (nSPS) is 13.3. The number of aliphatic carboxylic acids is 1. The molecule has 2 rings (SSSR count). The van der Waals surface area contributed by atoms with Crippen molar-refractivity contribution in [2.24, 2.45) is 7.05 Å². The molecule has 1 N–H and O–H groups in total. The van der Waals surface area contributed by atoms with Gasteiger partial charge in [-0.25, -0.2) is 0 Å². The smallest absolute Gasteiger partial charge is 0.315 e. The average Bonchev–Trinajstić information content (AvgIpc) is 2.96.